The van der Waals surface area contributed by atoms with Crippen molar-refractivity contribution in [2.45, 2.75) is 32.2 Å². The summed E-state index contributed by atoms with van der Waals surface area (Å²) < 4.78 is 31.1. The highest BCUT2D eigenvalue weighted by Gasteiger charge is 2.27. The summed E-state index contributed by atoms with van der Waals surface area (Å²) >= 11 is 3.46. The molecule has 0 unspecified atom stereocenters. The Labute approximate surface area is 232 Å². The number of aromatic nitrogens is 1. The summed E-state index contributed by atoms with van der Waals surface area (Å²) in [6, 6.07) is 25.7. The van der Waals surface area contributed by atoms with Gasteiger partial charge in [-0.25, -0.2) is 13.8 Å². The van der Waals surface area contributed by atoms with Crippen molar-refractivity contribution in [1.29, 1.82) is 0 Å². The van der Waals surface area contributed by atoms with Crippen LogP contribution in [-0.2, 0) is 21.4 Å². The smallest absolute Gasteiger partial charge is 0.255 e. The predicted molar refractivity (Wildman–Crippen MR) is 154 cm³/mol. The van der Waals surface area contributed by atoms with Crippen molar-refractivity contribution in [2.24, 2.45) is 5.10 Å². The average Bonchev–Trinajstić information content (AvgIpc) is 3.17. The molecule has 0 radical (unpaired) electrons. The van der Waals surface area contributed by atoms with Crippen molar-refractivity contribution in [3.05, 3.63) is 117 Å². The van der Waals surface area contributed by atoms with E-state index in [1.54, 1.807) is 30.5 Å². The van der Waals surface area contributed by atoms with Crippen LogP contribution in [-0.4, -0.2) is 36.0 Å². The van der Waals surface area contributed by atoms with Gasteiger partial charge in [0.2, 0.25) is 10.0 Å². The van der Waals surface area contributed by atoms with Gasteiger partial charge in [0.15, 0.2) is 0 Å². The monoisotopic (exact) mass is 592 g/mol. The first-order valence-corrected chi connectivity index (χ1v) is 14.3. The molecule has 4 aromatic rings. The molecule has 0 aliphatic heterocycles. The van der Waals surface area contributed by atoms with Gasteiger partial charge in [0, 0.05) is 33.7 Å². The molecule has 0 bridgehead atoms. The molecule has 0 spiro atoms. The van der Waals surface area contributed by atoms with Crippen LogP contribution in [0.3, 0.4) is 0 Å². The Morgan fingerprint density at radius 3 is 2.29 bits per heavy atom. The fraction of sp³-hybridized carbons (Fsp3) is 0.172. The van der Waals surface area contributed by atoms with Crippen LogP contribution in [0, 0.1) is 20.8 Å². The number of benzene rings is 3. The number of rotatable bonds is 9. The number of amides is 1. The van der Waals surface area contributed by atoms with Crippen LogP contribution in [0.2, 0.25) is 0 Å². The van der Waals surface area contributed by atoms with Crippen LogP contribution < -0.4 is 5.43 Å². The van der Waals surface area contributed by atoms with Gasteiger partial charge in [0.25, 0.3) is 5.91 Å². The zero-order valence-electron chi connectivity index (χ0n) is 21.4. The zero-order valence-corrected chi connectivity index (χ0v) is 23.8. The summed E-state index contributed by atoms with van der Waals surface area (Å²) in [4.78, 5) is 13.0. The van der Waals surface area contributed by atoms with Gasteiger partial charge < -0.3 is 4.57 Å². The molecular formula is C29H29BrN4O3S. The van der Waals surface area contributed by atoms with E-state index < -0.39 is 15.9 Å². The molecule has 38 heavy (non-hydrogen) atoms. The Kier molecular flexibility index (Phi) is 8.61. The number of sulfonamides is 1. The molecule has 0 saturated carbocycles. The van der Waals surface area contributed by atoms with Crippen molar-refractivity contribution in [3.63, 3.8) is 0 Å². The number of nitrogens with one attached hydrogen (secondary N) is 1. The molecule has 196 valence electrons. The summed E-state index contributed by atoms with van der Waals surface area (Å²) in [6.45, 7) is 5.55. The lowest BCUT2D eigenvalue weighted by Crippen LogP contribution is -2.39. The number of hydrogen-bond donors (Lipinski definition) is 1. The largest absolute Gasteiger partial charge is 0.318 e. The van der Waals surface area contributed by atoms with E-state index >= 15 is 0 Å². The molecule has 4 rings (SSSR count). The first-order valence-electron chi connectivity index (χ1n) is 12.0. The number of carbonyl (C=O) groups is 1. The molecule has 3 aromatic carbocycles. The van der Waals surface area contributed by atoms with Crippen molar-refractivity contribution >= 4 is 38.1 Å². The van der Waals surface area contributed by atoms with Crippen molar-refractivity contribution in [1.82, 2.24) is 14.3 Å². The molecule has 1 aromatic heterocycles. The highest BCUT2D eigenvalue weighted by atomic mass is 79.9. The van der Waals surface area contributed by atoms with Crippen LogP contribution >= 0.6 is 15.9 Å². The maximum absolute atomic E-state index is 13.4. The van der Waals surface area contributed by atoms with E-state index in [4.69, 9.17) is 0 Å². The number of carbonyl (C=O) groups excluding carboxylic acids is 1. The molecule has 1 heterocycles. The average molecular weight is 594 g/mol. The lowest BCUT2D eigenvalue weighted by atomic mass is 10.2. The summed E-state index contributed by atoms with van der Waals surface area (Å²) in [6.07, 6.45) is 1.57. The van der Waals surface area contributed by atoms with Crippen molar-refractivity contribution in [2.75, 3.05) is 6.54 Å². The van der Waals surface area contributed by atoms with Gasteiger partial charge in [-0.3, -0.25) is 4.79 Å². The maximum Gasteiger partial charge on any atom is 0.255 e. The first-order chi connectivity index (χ1) is 18.1. The van der Waals surface area contributed by atoms with E-state index in [9.17, 15) is 13.2 Å². The van der Waals surface area contributed by atoms with E-state index in [-0.39, 0.29) is 18.0 Å². The molecule has 0 aliphatic carbocycles. The van der Waals surface area contributed by atoms with E-state index in [0.29, 0.717) is 0 Å². The third kappa shape index (κ3) is 6.48. The topological polar surface area (TPSA) is 83.8 Å². The number of aryl methyl sites for hydroxylation is 2. The molecule has 1 N–H and O–H groups in total. The summed E-state index contributed by atoms with van der Waals surface area (Å²) in [7, 11) is -3.92. The van der Waals surface area contributed by atoms with Crippen LogP contribution in [0.4, 0.5) is 0 Å². The minimum atomic E-state index is -3.92. The third-order valence-electron chi connectivity index (χ3n) is 6.13. The zero-order chi connectivity index (χ0) is 27.3. The van der Waals surface area contributed by atoms with E-state index in [2.05, 4.69) is 31.0 Å². The molecule has 0 aliphatic rings. The third-order valence-corrected chi connectivity index (χ3v) is 8.46. The summed E-state index contributed by atoms with van der Waals surface area (Å²) in [5, 5.41) is 4.12. The Morgan fingerprint density at radius 1 is 0.974 bits per heavy atom. The van der Waals surface area contributed by atoms with Gasteiger partial charge in [0.1, 0.15) is 0 Å². The summed E-state index contributed by atoms with van der Waals surface area (Å²) in [5.41, 5.74) is 8.08. The van der Waals surface area contributed by atoms with E-state index in [1.807, 2.05) is 81.4 Å². The van der Waals surface area contributed by atoms with E-state index in [0.717, 1.165) is 42.5 Å². The predicted octanol–water partition coefficient (Wildman–Crippen LogP) is 5.51. The van der Waals surface area contributed by atoms with Gasteiger partial charge in [-0.05, 0) is 68.8 Å². The van der Waals surface area contributed by atoms with Gasteiger partial charge in [-0.2, -0.15) is 9.41 Å². The highest BCUT2D eigenvalue weighted by molar-refractivity contribution is 9.10. The highest BCUT2D eigenvalue weighted by Crippen LogP contribution is 2.22. The minimum absolute atomic E-state index is 0.0581. The minimum Gasteiger partial charge on any atom is -0.318 e. The van der Waals surface area contributed by atoms with Crippen LogP contribution in [0.1, 0.15) is 28.1 Å². The van der Waals surface area contributed by atoms with Gasteiger partial charge in [-0.1, -0.05) is 64.0 Å². The van der Waals surface area contributed by atoms with Crippen LogP contribution in [0.5, 0.6) is 0 Å². The number of hydrazone groups is 1. The Bertz CT molecular complexity index is 1550. The van der Waals surface area contributed by atoms with Gasteiger partial charge in [0.05, 0.1) is 17.7 Å². The maximum atomic E-state index is 13.4. The number of halogens is 1. The normalized spacial score (nSPS) is 11.8. The second-order valence-electron chi connectivity index (χ2n) is 9.00. The fourth-order valence-corrected chi connectivity index (χ4v) is 5.80. The summed E-state index contributed by atoms with van der Waals surface area (Å²) in [5.74, 6) is -0.533. The SMILES string of the molecule is Cc1ccc(S(=O)(=O)N(CC(=O)N/N=C/c2cc(C)n(-c3ccc(Br)cc3)c2C)Cc2ccccc2)cc1. The number of hydrogen-bond acceptors (Lipinski definition) is 4. The molecule has 0 atom stereocenters. The van der Waals surface area contributed by atoms with E-state index in [1.165, 1.54) is 0 Å². The lowest BCUT2D eigenvalue weighted by molar-refractivity contribution is -0.121. The van der Waals surface area contributed by atoms with Crippen LogP contribution in [0.25, 0.3) is 5.69 Å². The van der Waals surface area contributed by atoms with Crippen molar-refractivity contribution in [3.8, 4) is 5.69 Å². The first kappa shape index (κ1) is 27.5. The Morgan fingerprint density at radius 2 is 1.63 bits per heavy atom. The number of nitrogens with zero attached hydrogens (tertiary/aromatic N) is 3. The van der Waals surface area contributed by atoms with Crippen LogP contribution in [0.15, 0.2) is 99.4 Å². The molecule has 0 fully saturated rings. The molecule has 7 nitrogen and oxygen atoms in total. The Balaban J connectivity index is 1.51. The lowest BCUT2D eigenvalue weighted by Gasteiger charge is -2.21. The molecule has 0 saturated heterocycles. The second kappa shape index (κ2) is 11.9. The second-order valence-corrected chi connectivity index (χ2v) is 11.9. The van der Waals surface area contributed by atoms with Gasteiger partial charge >= 0.3 is 0 Å². The molecule has 9 heteroatoms. The molecule has 1 amide bonds. The molecular weight excluding hydrogens is 564 g/mol. The quantitative estimate of drug-likeness (QED) is 0.205. The van der Waals surface area contributed by atoms with Gasteiger partial charge in [-0.15, -0.1) is 0 Å². The standard InChI is InChI=1S/C29H29BrN4O3S/c1-21-9-15-28(16-10-21)38(36,37)33(19-24-7-5-4-6-8-24)20-29(35)32-31-18-25-17-22(2)34(23(25)3)27-13-11-26(30)12-14-27/h4-18H,19-20H2,1-3H3,(H,32,35)/b31-18+. The van der Waals surface area contributed by atoms with Crippen molar-refractivity contribution < 1.29 is 13.2 Å². The fourth-order valence-electron chi connectivity index (χ4n) is 4.15. The Hall–Kier alpha value is -3.53.